The van der Waals surface area contributed by atoms with Crippen LogP contribution in [0, 0.1) is 12.8 Å². The fraction of sp³-hybridized carbons (Fsp3) is 0.533. The minimum atomic E-state index is 0.0645. The second-order valence-corrected chi connectivity index (χ2v) is 5.29. The van der Waals surface area contributed by atoms with Crippen LogP contribution in [0.1, 0.15) is 36.2 Å². The maximum atomic E-state index is 12.2. The summed E-state index contributed by atoms with van der Waals surface area (Å²) in [5.41, 5.74) is 7.84. The quantitative estimate of drug-likeness (QED) is 0.870. The molecule has 1 aromatic carbocycles. The van der Waals surface area contributed by atoms with Gasteiger partial charge in [0.25, 0.3) is 5.91 Å². The first-order chi connectivity index (χ1) is 8.41. The Hall–Kier alpha value is -1.35. The molecule has 3 heteroatoms. The molecule has 1 unspecified atom stereocenters. The lowest BCUT2D eigenvalue weighted by atomic mass is 10.0. The Balaban J connectivity index is 2.57. The van der Waals surface area contributed by atoms with Crippen molar-refractivity contribution in [3.05, 3.63) is 35.4 Å². The molecule has 1 atom stereocenters. The summed E-state index contributed by atoms with van der Waals surface area (Å²) in [6.45, 7) is 6.90. The Morgan fingerprint density at radius 2 is 2.06 bits per heavy atom. The molecule has 0 radical (unpaired) electrons. The van der Waals surface area contributed by atoms with Crippen molar-refractivity contribution in [1.29, 1.82) is 0 Å². The van der Waals surface area contributed by atoms with Crippen molar-refractivity contribution in [2.24, 2.45) is 11.7 Å². The highest BCUT2D eigenvalue weighted by Crippen LogP contribution is 2.09. The van der Waals surface area contributed by atoms with Crippen molar-refractivity contribution in [3.8, 4) is 0 Å². The van der Waals surface area contributed by atoms with Gasteiger partial charge in [-0.15, -0.1) is 0 Å². The van der Waals surface area contributed by atoms with Gasteiger partial charge in [-0.25, -0.2) is 0 Å². The summed E-state index contributed by atoms with van der Waals surface area (Å²) < 4.78 is 0. The van der Waals surface area contributed by atoms with Crippen LogP contribution in [0.5, 0.6) is 0 Å². The van der Waals surface area contributed by atoms with Crippen molar-refractivity contribution >= 4 is 5.91 Å². The van der Waals surface area contributed by atoms with Gasteiger partial charge in [0.05, 0.1) is 0 Å². The average Bonchev–Trinajstić information content (AvgIpc) is 2.34. The van der Waals surface area contributed by atoms with E-state index in [9.17, 15) is 4.79 Å². The molecular weight excluding hydrogens is 224 g/mol. The molecule has 18 heavy (non-hydrogen) atoms. The monoisotopic (exact) mass is 248 g/mol. The summed E-state index contributed by atoms with van der Waals surface area (Å²) in [6, 6.07) is 7.83. The van der Waals surface area contributed by atoms with Gasteiger partial charge in [0.15, 0.2) is 0 Å². The highest BCUT2D eigenvalue weighted by atomic mass is 16.2. The Morgan fingerprint density at radius 3 is 2.61 bits per heavy atom. The van der Waals surface area contributed by atoms with Gasteiger partial charge in [-0.05, 0) is 31.4 Å². The number of amides is 1. The van der Waals surface area contributed by atoms with Crippen LogP contribution in [-0.2, 0) is 0 Å². The Bertz CT molecular complexity index is 401. The van der Waals surface area contributed by atoms with Crippen LogP contribution in [0.4, 0.5) is 0 Å². The van der Waals surface area contributed by atoms with Gasteiger partial charge < -0.3 is 10.6 Å². The molecule has 0 saturated heterocycles. The summed E-state index contributed by atoms with van der Waals surface area (Å²) in [7, 11) is 1.83. The zero-order valence-corrected chi connectivity index (χ0v) is 11.8. The molecule has 1 aromatic rings. The van der Waals surface area contributed by atoms with Crippen LogP contribution < -0.4 is 5.73 Å². The van der Waals surface area contributed by atoms with E-state index in [-0.39, 0.29) is 11.9 Å². The number of hydrogen-bond donors (Lipinski definition) is 1. The number of carbonyl (C=O) groups excluding carboxylic acids is 1. The molecule has 0 aliphatic heterocycles. The highest BCUT2D eigenvalue weighted by molar-refractivity contribution is 5.94. The van der Waals surface area contributed by atoms with Gasteiger partial charge in [-0.2, -0.15) is 0 Å². The van der Waals surface area contributed by atoms with E-state index in [2.05, 4.69) is 13.8 Å². The maximum Gasteiger partial charge on any atom is 0.253 e. The number of benzene rings is 1. The number of aryl methyl sites for hydroxylation is 1. The van der Waals surface area contributed by atoms with E-state index >= 15 is 0 Å². The Labute approximate surface area is 110 Å². The van der Waals surface area contributed by atoms with Crippen molar-refractivity contribution in [2.75, 3.05) is 13.6 Å². The lowest BCUT2D eigenvalue weighted by Gasteiger charge is -2.21. The summed E-state index contributed by atoms with van der Waals surface area (Å²) in [5, 5.41) is 0. The first kappa shape index (κ1) is 14.7. The molecular formula is C15H24N2O. The molecule has 0 bridgehead atoms. The van der Waals surface area contributed by atoms with E-state index in [1.165, 1.54) is 0 Å². The smallest absolute Gasteiger partial charge is 0.253 e. The summed E-state index contributed by atoms with van der Waals surface area (Å²) >= 11 is 0. The maximum absolute atomic E-state index is 12.2. The SMILES string of the molecule is Cc1cccc(C(=O)N(C)CCC(N)C(C)C)c1. The van der Waals surface area contributed by atoms with Crippen LogP contribution in [0.25, 0.3) is 0 Å². The fourth-order valence-electron chi connectivity index (χ4n) is 1.78. The number of rotatable bonds is 5. The normalized spacial score (nSPS) is 12.6. The lowest BCUT2D eigenvalue weighted by Crippen LogP contribution is -2.34. The van der Waals surface area contributed by atoms with E-state index < -0.39 is 0 Å². The molecule has 3 nitrogen and oxygen atoms in total. The third kappa shape index (κ3) is 4.15. The van der Waals surface area contributed by atoms with Crippen molar-refractivity contribution in [1.82, 2.24) is 4.90 Å². The molecule has 0 fully saturated rings. The fourth-order valence-corrected chi connectivity index (χ4v) is 1.78. The lowest BCUT2D eigenvalue weighted by molar-refractivity contribution is 0.0789. The van der Waals surface area contributed by atoms with Crippen LogP contribution >= 0.6 is 0 Å². The second-order valence-electron chi connectivity index (χ2n) is 5.29. The number of carbonyl (C=O) groups is 1. The van der Waals surface area contributed by atoms with E-state index in [1.807, 2.05) is 38.2 Å². The first-order valence-corrected chi connectivity index (χ1v) is 6.49. The van der Waals surface area contributed by atoms with Crippen LogP contribution in [-0.4, -0.2) is 30.4 Å². The van der Waals surface area contributed by atoms with Gasteiger partial charge in [0.2, 0.25) is 0 Å². The molecule has 0 aliphatic rings. The number of nitrogens with zero attached hydrogens (tertiary/aromatic N) is 1. The first-order valence-electron chi connectivity index (χ1n) is 6.49. The largest absolute Gasteiger partial charge is 0.342 e. The van der Waals surface area contributed by atoms with E-state index in [1.54, 1.807) is 4.90 Å². The molecule has 0 saturated carbocycles. The van der Waals surface area contributed by atoms with Gasteiger partial charge >= 0.3 is 0 Å². The molecule has 1 rings (SSSR count). The van der Waals surface area contributed by atoms with Crippen molar-refractivity contribution < 1.29 is 4.79 Å². The predicted octanol–water partition coefficient (Wildman–Crippen LogP) is 2.44. The van der Waals surface area contributed by atoms with Gasteiger partial charge in [-0.1, -0.05) is 31.5 Å². The molecule has 0 aliphatic carbocycles. The minimum absolute atomic E-state index is 0.0645. The zero-order valence-electron chi connectivity index (χ0n) is 11.8. The minimum Gasteiger partial charge on any atom is -0.342 e. The number of hydrogen-bond acceptors (Lipinski definition) is 2. The third-order valence-electron chi connectivity index (χ3n) is 3.27. The molecule has 1 amide bonds. The standard InChI is InChI=1S/C15H24N2O/c1-11(2)14(16)8-9-17(4)15(18)13-7-5-6-12(3)10-13/h5-7,10-11,14H,8-9,16H2,1-4H3. The van der Waals surface area contributed by atoms with E-state index in [0.29, 0.717) is 12.5 Å². The summed E-state index contributed by atoms with van der Waals surface area (Å²) in [6.07, 6.45) is 0.839. The van der Waals surface area contributed by atoms with Gasteiger partial charge in [-0.3, -0.25) is 4.79 Å². The molecule has 0 heterocycles. The van der Waals surface area contributed by atoms with Crippen molar-refractivity contribution in [2.45, 2.75) is 33.2 Å². The predicted molar refractivity (Wildman–Crippen MR) is 75.6 cm³/mol. The average molecular weight is 248 g/mol. The second kappa shape index (κ2) is 6.55. The third-order valence-corrected chi connectivity index (χ3v) is 3.27. The highest BCUT2D eigenvalue weighted by Gasteiger charge is 2.14. The van der Waals surface area contributed by atoms with E-state index in [4.69, 9.17) is 5.73 Å². The van der Waals surface area contributed by atoms with Crippen LogP contribution in [0.3, 0.4) is 0 Å². The van der Waals surface area contributed by atoms with Gasteiger partial charge in [0.1, 0.15) is 0 Å². The molecule has 0 spiro atoms. The zero-order chi connectivity index (χ0) is 13.7. The van der Waals surface area contributed by atoms with Crippen LogP contribution in [0.15, 0.2) is 24.3 Å². The van der Waals surface area contributed by atoms with E-state index in [0.717, 1.165) is 17.5 Å². The van der Waals surface area contributed by atoms with Gasteiger partial charge in [0, 0.05) is 25.2 Å². The summed E-state index contributed by atoms with van der Waals surface area (Å²) in [4.78, 5) is 13.9. The number of nitrogens with two attached hydrogens (primary N) is 1. The van der Waals surface area contributed by atoms with Crippen LogP contribution in [0.2, 0.25) is 0 Å². The Morgan fingerprint density at radius 1 is 1.39 bits per heavy atom. The molecule has 2 N–H and O–H groups in total. The summed E-state index contributed by atoms with van der Waals surface area (Å²) in [5.74, 6) is 0.516. The van der Waals surface area contributed by atoms with Crippen molar-refractivity contribution in [3.63, 3.8) is 0 Å². The molecule has 100 valence electrons. The Kier molecular flexibility index (Phi) is 5.35. The molecule has 0 aromatic heterocycles. The topological polar surface area (TPSA) is 46.3 Å².